The van der Waals surface area contributed by atoms with Gasteiger partial charge in [-0.25, -0.2) is 0 Å². The average Bonchev–Trinajstić information content (AvgIpc) is 2.06. The third-order valence-electron chi connectivity index (χ3n) is 3.29. The smallest absolute Gasteiger partial charge is 0.0505 e. The van der Waals surface area contributed by atoms with E-state index in [4.69, 9.17) is 0 Å². The average molecular weight is 168 g/mol. The molecule has 0 aromatic rings. The molecule has 0 amide bonds. The van der Waals surface area contributed by atoms with Crippen molar-refractivity contribution in [2.45, 2.75) is 50.9 Å². The molecule has 11 heavy (non-hydrogen) atoms. The molecular weight excluding hydrogens is 148 g/mol. The minimum Gasteiger partial charge on any atom is -0.0885 e. The summed E-state index contributed by atoms with van der Waals surface area (Å²) >= 11 is 0. The van der Waals surface area contributed by atoms with Gasteiger partial charge in [0.25, 0.3) is 0 Å². The van der Waals surface area contributed by atoms with Crippen LogP contribution in [0.3, 0.4) is 0 Å². The first-order valence-corrected chi connectivity index (χ1v) is 8.10. The van der Waals surface area contributed by atoms with Gasteiger partial charge in [0.15, 0.2) is 0 Å². The molecule has 0 aromatic heterocycles. The minimum absolute atomic E-state index is 0.828. The van der Waals surface area contributed by atoms with E-state index in [1.807, 2.05) is 0 Å². The van der Waals surface area contributed by atoms with Crippen LogP contribution in [0, 0.1) is 0 Å². The maximum atomic E-state index is 2.54. The Morgan fingerprint density at radius 1 is 1.36 bits per heavy atom. The van der Waals surface area contributed by atoms with Crippen LogP contribution in [0.4, 0.5) is 0 Å². The molecule has 0 heterocycles. The lowest BCUT2D eigenvalue weighted by Gasteiger charge is -2.32. The molecule has 0 saturated heterocycles. The summed E-state index contributed by atoms with van der Waals surface area (Å²) in [4.78, 5) is 0. The van der Waals surface area contributed by atoms with Gasteiger partial charge in [0.2, 0.25) is 0 Å². The van der Waals surface area contributed by atoms with E-state index in [1.54, 1.807) is 0 Å². The van der Waals surface area contributed by atoms with Crippen molar-refractivity contribution < 1.29 is 0 Å². The maximum absolute atomic E-state index is 2.54. The Labute approximate surface area is 71.7 Å². The summed E-state index contributed by atoms with van der Waals surface area (Å²) in [5.74, 6) is 0. The van der Waals surface area contributed by atoms with Crippen LogP contribution in [0.25, 0.3) is 0 Å². The Bertz CT molecular complexity index is 147. The Morgan fingerprint density at radius 2 is 2.09 bits per heavy atom. The maximum Gasteiger partial charge on any atom is 0.0505 e. The lowest BCUT2D eigenvalue weighted by atomic mass is 10.1. The predicted octanol–water partition coefficient (Wildman–Crippen LogP) is 3.83. The SMILES string of the molecule is CC[Si](C)(C)C1CC=CCC1. The summed E-state index contributed by atoms with van der Waals surface area (Å²) in [5.41, 5.74) is 1.07. The van der Waals surface area contributed by atoms with Gasteiger partial charge in [-0.05, 0) is 24.8 Å². The van der Waals surface area contributed by atoms with Crippen LogP contribution >= 0.6 is 0 Å². The summed E-state index contributed by atoms with van der Waals surface area (Å²) in [5, 5.41) is 0. The van der Waals surface area contributed by atoms with Crippen molar-refractivity contribution in [1.29, 1.82) is 0 Å². The normalized spacial score (nSPS) is 25.5. The van der Waals surface area contributed by atoms with Crippen molar-refractivity contribution in [3.05, 3.63) is 12.2 Å². The first-order valence-electron chi connectivity index (χ1n) is 4.82. The van der Waals surface area contributed by atoms with Crippen molar-refractivity contribution >= 4 is 8.07 Å². The molecule has 1 rings (SSSR count). The highest BCUT2D eigenvalue weighted by atomic mass is 28.3. The molecule has 0 bridgehead atoms. The second kappa shape index (κ2) is 3.57. The quantitative estimate of drug-likeness (QED) is 0.434. The van der Waals surface area contributed by atoms with E-state index in [2.05, 4.69) is 32.2 Å². The number of allylic oxidation sites excluding steroid dienone is 2. The van der Waals surface area contributed by atoms with Crippen LogP contribution in [0.2, 0.25) is 24.7 Å². The summed E-state index contributed by atoms with van der Waals surface area (Å²) in [6.07, 6.45) is 8.90. The fraction of sp³-hybridized carbons (Fsp3) is 0.800. The van der Waals surface area contributed by atoms with E-state index in [1.165, 1.54) is 25.3 Å². The second-order valence-corrected chi connectivity index (χ2v) is 9.82. The zero-order valence-corrected chi connectivity index (χ0v) is 9.06. The summed E-state index contributed by atoms with van der Waals surface area (Å²) in [6, 6.07) is 1.45. The van der Waals surface area contributed by atoms with Gasteiger partial charge >= 0.3 is 0 Å². The fourth-order valence-electron chi connectivity index (χ4n) is 1.79. The van der Waals surface area contributed by atoms with Gasteiger partial charge in [-0.3, -0.25) is 0 Å². The molecule has 64 valence electrons. The van der Waals surface area contributed by atoms with E-state index in [9.17, 15) is 0 Å². The number of hydrogen-bond donors (Lipinski definition) is 0. The summed E-state index contributed by atoms with van der Waals surface area (Å²) in [6.45, 7) is 7.44. The van der Waals surface area contributed by atoms with E-state index in [0.717, 1.165) is 5.54 Å². The summed E-state index contributed by atoms with van der Waals surface area (Å²) < 4.78 is 0. The first kappa shape index (κ1) is 9.05. The Balaban J connectivity index is 2.52. The van der Waals surface area contributed by atoms with Crippen LogP contribution in [0.5, 0.6) is 0 Å². The molecular formula is C10H20Si. The zero-order valence-electron chi connectivity index (χ0n) is 8.06. The molecule has 0 nitrogen and oxygen atoms in total. The fourth-order valence-corrected chi connectivity index (χ4v) is 4.09. The van der Waals surface area contributed by atoms with Crippen LogP contribution in [0.15, 0.2) is 12.2 Å². The van der Waals surface area contributed by atoms with Gasteiger partial charge in [-0.2, -0.15) is 0 Å². The number of rotatable bonds is 2. The number of hydrogen-bond acceptors (Lipinski definition) is 0. The molecule has 0 saturated carbocycles. The Hall–Kier alpha value is -0.0431. The zero-order chi connectivity index (χ0) is 8.32. The van der Waals surface area contributed by atoms with E-state index in [-0.39, 0.29) is 0 Å². The van der Waals surface area contributed by atoms with Crippen LogP contribution in [-0.4, -0.2) is 8.07 Å². The molecule has 1 unspecified atom stereocenters. The van der Waals surface area contributed by atoms with Gasteiger partial charge in [0.1, 0.15) is 0 Å². The Kier molecular flexibility index (Phi) is 2.94. The van der Waals surface area contributed by atoms with E-state index >= 15 is 0 Å². The largest absolute Gasteiger partial charge is 0.0885 e. The lowest BCUT2D eigenvalue weighted by molar-refractivity contribution is 0.698. The molecule has 0 N–H and O–H groups in total. The first-order chi connectivity index (χ1) is 5.17. The van der Waals surface area contributed by atoms with Crippen LogP contribution in [0.1, 0.15) is 26.2 Å². The van der Waals surface area contributed by atoms with Gasteiger partial charge in [0.05, 0.1) is 8.07 Å². The monoisotopic (exact) mass is 168 g/mol. The van der Waals surface area contributed by atoms with Gasteiger partial charge < -0.3 is 0 Å². The van der Waals surface area contributed by atoms with Crippen molar-refractivity contribution in [2.75, 3.05) is 0 Å². The second-order valence-electron chi connectivity index (χ2n) is 4.32. The molecule has 1 heteroatoms. The third kappa shape index (κ3) is 2.19. The third-order valence-corrected chi connectivity index (χ3v) is 7.84. The van der Waals surface area contributed by atoms with E-state index in [0.29, 0.717) is 0 Å². The molecule has 1 aliphatic rings. The topological polar surface area (TPSA) is 0 Å². The van der Waals surface area contributed by atoms with E-state index < -0.39 is 8.07 Å². The molecule has 0 spiro atoms. The molecule has 0 aromatic carbocycles. The molecule has 1 aliphatic carbocycles. The summed E-state index contributed by atoms with van der Waals surface area (Å²) in [7, 11) is -0.828. The molecule has 0 radical (unpaired) electrons. The van der Waals surface area contributed by atoms with Crippen molar-refractivity contribution in [3.63, 3.8) is 0 Å². The Morgan fingerprint density at radius 3 is 2.55 bits per heavy atom. The minimum atomic E-state index is -0.828. The highest BCUT2D eigenvalue weighted by Crippen LogP contribution is 2.35. The van der Waals surface area contributed by atoms with Crippen molar-refractivity contribution in [1.82, 2.24) is 0 Å². The standard InChI is InChI=1S/C10H20Si/c1-4-11(2,3)10-8-6-5-7-9-10/h5-6,10H,4,7-9H2,1-3H3. The van der Waals surface area contributed by atoms with Crippen LogP contribution in [-0.2, 0) is 0 Å². The molecule has 0 fully saturated rings. The van der Waals surface area contributed by atoms with Crippen LogP contribution < -0.4 is 0 Å². The molecule has 1 atom stereocenters. The highest BCUT2D eigenvalue weighted by Gasteiger charge is 2.28. The predicted molar refractivity (Wildman–Crippen MR) is 54.7 cm³/mol. The van der Waals surface area contributed by atoms with Gasteiger partial charge in [0, 0.05) is 0 Å². The van der Waals surface area contributed by atoms with Gasteiger partial charge in [-0.15, -0.1) is 0 Å². The van der Waals surface area contributed by atoms with Gasteiger partial charge in [-0.1, -0.05) is 38.2 Å². The highest BCUT2D eigenvalue weighted by molar-refractivity contribution is 6.78. The van der Waals surface area contributed by atoms with Crippen molar-refractivity contribution in [3.8, 4) is 0 Å². The lowest BCUT2D eigenvalue weighted by Crippen LogP contribution is -2.31. The molecule has 0 aliphatic heterocycles. The van der Waals surface area contributed by atoms with Crippen molar-refractivity contribution in [2.24, 2.45) is 0 Å².